The SMILES string of the molecule is COc1ncc(C=O)cc1C(C)C. The second kappa shape index (κ2) is 4.03. The summed E-state index contributed by atoms with van der Waals surface area (Å²) in [5.74, 6) is 0.906. The van der Waals surface area contributed by atoms with Gasteiger partial charge in [-0.25, -0.2) is 4.98 Å². The van der Waals surface area contributed by atoms with Crippen LogP contribution in [0.15, 0.2) is 12.3 Å². The van der Waals surface area contributed by atoms with Crippen LogP contribution in [0.4, 0.5) is 0 Å². The topological polar surface area (TPSA) is 39.2 Å². The number of methoxy groups -OCH3 is 1. The Hall–Kier alpha value is -1.38. The van der Waals surface area contributed by atoms with Gasteiger partial charge in [0.25, 0.3) is 0 Å². The maximum Gasteiger partial charge on any atom is 0.216 e. The van der Waals surface area contributed by atoms with Crippen LogP contribution in [-0.2, 0) is 0 Å². The van der Waals surface area contributed by atoms with E-state index in [2.05, 4.69) is 4.98 Å². The zero-order valence-electron chi connectivity index (χ0n) is 8.07. The second-order valence-electron chi connectivity index (χ2n) is 3.14. The van der Waals surface area contributed by atoms with E-state index >= 15 is 0 Å². The number of pyridine rings is 1. The minimum Gasteiger partial charge on any atom is -0.481 e. The lowest BCUT2D eigenvalue weighted by atomic mass is 10.0. The highest BCUT2D eigenvalue weighted by Gasteiger charge is 2.08. The van der Waals surface area contributed by atoms with Crippen LogP contribution in [0, 0.1) is 0 Å². The minimum absolute atomic E-state index is 0.308. The number of hydrogen-bond donors (Lipinski definition) is 0. The van der Waals surface area contributed by atoms with Crippen LogP contribution < -0.4 is 4.74 Å². The van der Waals surface area contributed by atoms with Gasteiger partial charge in [-0.2, -0.15) is 0 Å². The fraction of sp³-hybridized carbons (Fsp3) is 0.400. The number of carbonyl (C=O) groups excluding carboxylic acids is 1. The molecular weight excluding hydrogens is 166 g/mol. The summed E-state index contributed by atoms with van der Waals surface area (Å²) < 4.78 is 5.08. The zero-order chi connectivity index (χ0) is 9.84. The van der Waals surface area contributed by atoms with E-state index in [9.17, 15) is 4.79 Å². The molecule has 0 radical (unpaired) electrons. The van der Waals surface area contributed by atoms with Gasteiger partial charge in [-0.1, -0.05) is 13.8 Å². The molecule has 1 rings (SSSR count). The smallest absolute Gasteiger partial charge is 0.216 e. The molecule has 3 heteroatoms. The van der Waals surface area contributed by atoms with Gasteiger partial charge in [0, 0.05) is 17.3 Å². The third-order valence-corrected chi connectivity index (χ3v) is 1.85. The van der Waals surface area contributed by atoms with Gasteiger partial charge in [0.15, 0.2) is 6.29 Å². The maximum absolute atomic E-state index is 10.5. The van der Waals surface area contributed by atoms with Crippen LogP contribution in [0.1, 0.15) is 35.7 Å². The lowest BCUT2D eigenvalue weighted by Crippen LogP contribution is -1.98. The molecule has 13 heavy (non-hydrogen) atoms. The van der Waals surface area contributed by atoms with Crippen molar-refractivity contribution in [3.63, 3.8) is 0 Å². The molecule has 3 nitrogen and oxygen atoms in total. The number of carbonyl (C=O) groups is 1. The van der Waals surface area contributed by atoms with E-state index in [0.29, 0.717) is 17.4 Å². The third-order valence-electron chi connectivity index (χ3n) is 1.85. The molecule has 1 aromatic heterocycles. The molecule has 0 amide bonds. The van der Waals surface area contributed by atoms with E-state index in [1.807, 2.05) is 19.9 Å². The molecule has 0 fully saturated rings. The average molecular weight is 179 g/mol. The summed E-state index contributed by atoms with van der Waals surface area (Å²) in [4.78, 5) is 14.5. The second-order valence-corrected chi connectivity index (χ2v) is 3.14. The molecular formula is C10H13NO2. The number of rotatable bonds is 3. The van der Waals surface area contributed by atoms with E-state index < -0.39 is 0 Å². The first-order valence-corrected chi connectivity index (χ1v) is 4.18. The fourth-order valence-corrected chi connectivity index (χ4v) is 1.13. The monoisotopic (exact) mass is 179 g/mol. The van der Waals surface area contributed by atoms with Crippen molar-refractivity contribution in [3.05, 3.63) is 23.4 Å². The van der Waals surface area contributed by atoms with Crippen molar-refractivity contribution in [2.24, 2.45) is 0 Å². The summed E-state index contributed by atoms with van der Waals surface area (Å²) in [5, 5.41) is 0. The van der Waals surface area contributed by atoms with Crippen LogP contribution in [0.5, 0.6) is 5.88 Å². The molecule has 0 unspecified atom stereocenters. The van der Waals surface area contributed by atoms with E-state index in [1.165, 1.54) is 6.20 Å². The molecule has 1 heterocycles. The van der Waals surface area contributed by atoms with Gasteiger partial charge in [0.05, 0.1) is 7.11 Å². The normalized spacial score (nSPS) is 10.2. The van der Waals surface area contributed by atoms with E-state index in [0.717, 1.165) is 11.8 Å². The molecule has 0 saturated heterocycles. The summed E-state index contributed by atoms with van der Waals surface area (Å²) in [6, 6.07) is 1.81. The zero-order valence-corrected chi connectivity index (χ0v) is 8.07. The maximum atomic E-state index is 10.5. The lowest BCUT2D eigenvalue weighted by Gasteiger charge is -2.10. The summed E-state index contributed by atoms with van der Waals surface area (Å²) >= 11 is 0. The Morgan fingerprint density at radius 2 is 2.23 bits per heavy atom. The van der Waals surface area contributed by atoms with Gasteiger partial charge in [0.1, 0.15) is 0 Å². The van der Waals surface area contributed by atoms with Gasteiger partial charge in [-0.3, -0.25) is 4.79 Å². The van der Waals surface area contributed by atoms with Crippen molar-refractivity contribution in [3.8, 4) is 5.88 Å². The molecule has 0 aliphatic carbocycles. The number of hydrogen-bond acceptors (Lipinski definition) is 3. The highest BCUT2D eigenvalue weighted by atomic mass is 16.5. The predicted molar refractivity (Wildman–Crippen MR) is 50.3 cm³/mol. The largest absolute Gasteiger partial charge is 0.481 e. The third kappa shape index (κ3) is 2.05. The van der Waals surface area contributed by atoms with Gasteiger partial charge in [-0.05, 0) is 12.0 Å². The molecule has 0 N–H and O–H groups in total. The van der Waals surface area contributed by atoms with Crippen molar-refractivity contribution >= 4 is 6.29 Å². The van der Waals surface area contributed by atoms with Crippen molar-refractivity contribution < 1.29 is 9.53 Å². The van der Waals surface area contributed by atoms with Crippen LogP contribution >= 0.6 is 0 Å². The predicted octanol–water partition coefficient (Wildman–Crippen LogP) is 2.03. The minimum atomic E-state index is 0.308. The van der Waals surface area contributed by atoms with Gasteiger partial charge in [-0.15, -0.1) is 0 Å². The number of ether oxygens (including phenoxy) is 1. The van der Waals surface area contributed by atoms with Crippen molar-refractivity contribution in [2.45, 2.75) is 19.8 Å². The molecule has 0 aliphatic rings. The standard InChI is InChI=1S/C10H13NO2/c1-7(2)9-4-8(6-12)5-11-10(9)13-3/h4-7H,1-3H3. The Bertz CT molecular complexity index is 308. The van der Waals surface area contributed by atoms with E-state index in [1.54, 1.807) is 7.11 Å². The Morgan fingerprint density at radius 1 is 1.54 bits per heavy atom. The van der Waals surface area contributed by atoms with Crippen LogP contribution in [0.25, 0.3) is 0 Å². The Kier molecular flexibility index (Phi) is 3.01. The first kappa shape index (κ1) is 9.71. The first-order chi connectivity index (χ1) is 6.19. The number of aldehydes is 1. The summed E-state index contributed by atoms with van der Waals surface area (Å²) in [6.45, 7) is 4.07. The average Bonchev–Trinajstić information content (AvgIpc) is 2.16. The number of aromatic nitrogens is 1. The highest BCUT2D eigenvalue weighted by Crippen LogP contribution is 2.23. The molecule has 0 aliphatic heterocycles. The number of nitrogens with zero attached hydrogens (tertiary/aromatic N) is 1. The van der Waals surface area contributed by atoms with Crippen LogP contribution in [-0.4, -0.2) is 18.4 Å². The summed E-state index contributed by atoms with van der Waals surface area (Å²) in [6.07, 6.45) is 2.30. The van der Waals surface area contributed by atoms with E-state index in [-0.39, 0.29) is 0 Å². The Labute approximate surface area is 77.8 Å². The lowest BCUT2D eigenvalue weighted by molar-refractivity contribution is 0.112. The van der Waals surface area contributed by atoms with Crippen molar-refractivity contribution in [1.29, 1.82) is 0 Å². The van der Waals surface area contributed by atoms with Crippen molar-refractivity contribution in [2.75, 3.05) is 7.11 Å². The summed E-state index contributed by atoms with van der Waals surface area (Å²) in [5.41, 5.74) is 1.55. The van der Waals surface area contributed by atoms with Gasteiger partial charge < -0.3 is 4.74 Å². The molecule has 1 aromatic rings. The molecule has 0 atom stereocenters. The van der Waals surface area contributed by atoms with Gasteiger partial charge in [0.2, 0.25) is 5.88 Å². The quantitative estimate of drug-likeness (QED) is 0.666. The molecule has 0 spiro atoms. The van der Waals surface area contributed by atoms with Crippen molar-refractivity contribution in [1.82, 2.24) is 4.98 Å². The van der Waals surface area contributed by atoms with Crippen LogP contribution in [0.2, 0.25) is 0 Å². The summed E-state index contributed by atoms with van der Waals surface area (Å²) in [7, 11) is 1.58. The first-order valence-electron chi connectivity index (χ1n) is 4.18. The van der Waals surface area contributed by atoms with Gasteiger partial charge >= 0.3 is 0 Å². The molecule has 0 aromatic carbocycles. The highest BCUT2D eigenvalue weighted by molar-refractivity contribution is 5.74. The molecule has 0 saturated carbocycles. The fourth-order valence-electron chi connectivity index (χ4n) is 1.13. The van der Waals surface area contributed by atoms with E-state index in [4.69, 9.17) is 4.74 Å². The Morgan fingerprint density at radius 3 is 2.69 bits per heavy atom. The molecule has 0 bridgehead atoms. The van der Waals surface area contributed by atoms with Crippen LogP contribution in [0.3, 0.4) is 0 Å². The molecule has 70 valence electrons. The Balaban J connectivity index is 3.17.